The highest BCUT2D eigenvalue weighted by Crippen LogP contribution is 2.36. The van der Waals surface area contributed by atoms with E-state index in [0.29, 0.717) is 22.3 Å². The third-order valence-corrected chi connectivity index (χ3v) is 4.70. The Kier molecular flexibility index (Phi) is 4.85. The van der Waals surface area contributed by atoms with Gasteiger partial charge in [-0.3, -0.25) is 9.48 Å². The number of primary amides is 1. The average molecular weight is 355 g/mol. The van der Waals surface area contributed by atoms with Crippen molar-refractivity contribution < 1.29 is 4.79 Å². The molecule has 0 fully saturated rings. The van der Waals surface area contributed by atoms with Gasteiger partial charge in [-0.1, -0.05) is 19.9 Å². The van der Waals surface area contributed by atoms with E-state index < -0.39 is 5.91 Å². The van der Waals surface area contributed by atoms with Gasteiger partial charge in [-0.25, -0.2) is 4.98 Å². The van der Waals surface area contributed by atoms with Crippen molar-refractivity contribution in [1.82, 2.24) is 14.8 Å². The number of amides is 1. The summed E-state index contributed by atoms with van der Waals surface area (Å²) in [5.74, 6) is 0.737. The summed E-state index contributed by atoms with van der Waals surface area (Å²) in [6.07, 6.45) is 3.80. The Hall–Kier alpha value is -2.67. The Morgan fingerprint density at radius 2 is 2.20 bits per heavy atom. The monoisotopic (exact) mass is 355 g/mol. The predicted octanol–water partition coefficient (Wildman–Crippen LogP) is 3.81. The van der Waals surface area contributed by atoms with Crippen LogP contribution >= 0.6 is 11.3 Å². The van der Waals surface area contributed by atoms with Crippen LogP contribution in [0.15, 0.2) is 36.7 Å². The maximum absolute atomic E-state index is 11.8. The van der Waals surface area contributed by atoms with Crippen LogP contribution in [-0.2, 0) is 6.54 Å². The zero-order valence-electron chi connectivity index (χ0n) is 14.5. The second kappa shape index (κ2) is 7.06. The number of pyridine rings is 1. The summed E-state index contributed by atoms with van der Waals surface area (Å²) >= 11 is 1.47. The maximum atomic E-state index is 11.8. The van der Waals surface area contributed by atoms with Crippen LogP contribution in [0.1, 0.15) is 29.9 Å². The number of nitrogens with two attached hydrogens (primary N) is 1. The van der Waals surface area contributed by atoms with Crippen molar-refractivity contribution in [3.05, 3.63) is 47.9 Å². The van der Waals surface area contributed by atoms with Crippen LogP contribution < -0.4 is 11.1 Å². The van der Waals surface area contributed by atoms with Crippen LogP contribution in [0.4, 0.5) is 10.8 Å². The normalized spacial score (nSPS) is 11.0. The van der Waals surface area contributed by atoms with Crippen molar-refractivity contribution in [3.63, 3.8) is 0 Å². The van der Waals surface area contributed by atoms with E-state index in [1.54, 1.807) is 0 Å². The van der Waals surface area contributed by atoms with E-state index in [1.165, 1.54) is 11.3 Å². The van der Waals surface area contributed by atoms with E-state index in [4.69, 9.17) is 5.73 Å². The van der Waals surface area contributed by atoms with Crippen LogP contribution in [0.25, 0.3) is 10.4 Å². The first-order valence-corrected chi connectivity index (χ1v) is 8.91. The molecule has 1 amide bonds. The second-order valence-electron chi connectivity index (χ2n) is 6.35. The minimum Gasteiger partial charge on any atom is -0.366 e. The number of thiophene rings is 1. The summed E-state index contributed by atoms with van der Waals surface area (Å²) in [5, 5.41) is 8.28. The molecule has 6 nitrogen and oxygen atoms in total. The van der Waals surface area contributed by atoms with Gasteiger partial charge in [0, 0.05) is 28.9 Å². The molecule has 0 bridgehead atoms. The average Bonchev–Trinajstić information content (AvgIpc) is 3.13. The lowest BCUT2D eigenvalue weighted by Crippen LogP contribution is -2.11. The standard InChI is InChI=1S/C18H21N5OS/c1-11(2)9-23-10-13(8-20-23)15-7-14(17(19)24)18(25-15)22-16-6-4-5-12(3)21-16/h4-8,10-11H,9H2,1-3H3,(H2,19,24)(H,21,22). The molecule has 3 N–H and O–H groups in total. The van der Waals surface area contributed by atoms with Gasteiger partial charge in [-0.05, 0) is 31.0 Å². The van der Waals surface area contributed by atoms with Gasteiger partial charge >= 0.3 is 0 Å². The number of carbonyl (C=O) groups is 1. The van der Waals surface area contributed by atoms with Gasteiger partial charge in [0.05, 0.1) is 11.8 Å². The molecule has 0 saturated carbocycles. The zero-order valence-corrected chi connectivity index (χ0v) is 15.3. The van der Waals surface area contributed by atoms with Gasteiger partial charge in [0.1, 0.15) is 10.8 Å². The second-order valence-corrected chi connectivity index (χ2v) is 7.40. The van der Waals surface area contributed by atoms with Gasteiger partial charge < -0.3 is 11.1 Å². The topological polar surface area (TPSA) is 85.8 Å². The lowest BCUT2D eigenvalue weighted by Gasteiger charge is -2.05. The molecule has 0 spiro atoms. The van der Waals surface area contributed by atoms with Gasteiger partial charge in [0.25, 0.3) is 5.91 Å². The van der Waals surface area contributed by atoms with Crippen molar-refractivity contribution >= 4 is 28.1 Å². The highest BCUT2D eigenvalue weighted by Gasteiger charge is 2.16. The van der Waals surface area contributed by atoms with E-state index in [0.717, 1.165) is 22.7 Å². The lowest BCUT2D eigenvalue weighted by atomic mass is 10.2. The number of nitrogens with one attached hydrogen (secondary N) is 1. The molecule has 0 aliphatic carbocycles. The summed E-state index contributed by atoms with van der Waals surface area (Å²) < 4.78 is 1.92. The molecule has 3 aromatic rings. The number of aromatic nitrogens is 3. The van der Waals surface area contributed by atoms with Crippen molar-refractivity contribution in [3.8, 4) is 10.4 Å². The fourth-order valence-electron chi connectivity index (χ4n) is 2.50. The number of anilines is 2. The van der Waals surface area contributed by atoms with Crippen LogP contribution in [-0.4, -0.2) is 20.7 Å². The summed E-state index contributed by atoms with van der Waals surface area (Å²) in [5.41, 5.74) is 7.88. The van der Waals surface area contributed by atoms with Gasteiger partial charge in [0.15, 0.2) is 0 Å². The number of carbonyl (C=O) groups excluding carboxylic acids is 1. The van der Waals surface area contributed by atoms with Crippen molar-refractivity contribution in [2.75, 3.05) is 5.32 Å². The van der Waals surface area contributed by atoms with Crippen LogP contribution in [0.2, 0.25) is 0 Å². The highest BCUT2D eigenvalue weighted by molar-refractivity contribution is 7.19. The van der Waals surface area contributed by atoms with Crippen molar-refractivity contribution in [2.24, 2.45) is 11.7 Å². The van der Waals surface area contributed by atoms with E-state index in [9.17, 15) is 4.79 Å². The first kappa shape index (κ1) is 17.2. The quantitative estimate of drug-likeness (QED) is 0.704. The molecular formula is C18H21N5OS. The fourth-order valence-corrected chi connectivity index (χ4v) is 3.55. The van der Waals surface area contributed by atoms with Gasteiger partial charge in [0.2, 0.25) is 0 Å². The minimum absolute atomic E-state index is 0.458. The lowest BCUT2D eigenvalue weighted by molar-refractivity contribution is 0.100. The van der Waals surface area contributed by atoms with Crippen LogP contribution in [0.3, 0.4) is 0 Å². The Bertz CT molecular complexity index is 897. The van der Waals surface area contributed by atoms with Gasteiger partial charge in [-0.2, -0.15) is 5.10 Å². The fraction of sp³-hybridized carbons (Fsp3) is 0.278. The Morgan fingerprint density at radius 3 is 2.88 bits per heavy atom. The molecule has 7 heteroatoms. The maximum Gasteiger partial charge on any atom is 0.251 e. The van der Waals surface area contributed by atoms with Crippen molar-refractivity contribution in [2.45, 2.75) is 27.3 Å². The molecule has 0 radical (unpaired) electrons. The largest absolute Gasteiger partial charge is 0.366 e. The predicted molar refractivity (Wildman–Crippen MR) is 101 cm³/mol. The molecule has 3 heterocycles. The number of rotatable bonds is 6. The van der Waals surface area contributed by atoms with E-state index in [2.05, 4.69) is 29.2 Å². The molecule has 0 atom stereocenters. The Morgan fingerprint density at radius 1 is 1.40 bits per heavy atom. The number of hydrogen-bond acceptors (Lipinski definition) is 5. The van der Waals surface area contributed by atoms with E-state index in [-0.39, 0.29) is 0 Å². The summed E-state index contributed by atoms with van der Waals surface area (Å²) in [7, 11) is 0. The Balaban J connectivity index is 1.92. The zero-order chi connectivity index (χ0) is 18.0. The molecule has 0 aromatic carbocycles. The SMILES string of the molecule is Cc1cccc(Nc2sc(-c3cnn(CC(C)C)c3)cc2C(N)=O)n1. The third-order valence-electron chi connectivity index (χ3n) is 3.60. The minimum atomic E-state index is -0.466. The number of hydrogen-bond donors (Lipinski definition) is 2. The van der Waals surface area contributed by atoms with Crippen LogP contribution in [0.5, 0.6) is 0 Å². The number of nitrogens with zero attached hydrogens (tertiary/aromatic N) is 3. The summed E-state index contributed by atoms with van der Waals surface area (Å²) in [4.78, 5) is 17.2. The molecular weight excluding hydrogens is 334 g/mol. The molecule has 0 saturated heterocycles. The first-order chi connectivity index (χ1) is 11.9. The third kappa shape index (κ3) is 4.06. The highest BCUT2D eigenvalue weighted by atomic mass is 32.1. The molecule has 0 aliphatic rings. The van der Waals surface area contributed by atoms with E-state index >= 15 is 0 Å². The first-order valence-electron chi connectivity index (χ1n) is 8.09. The smallest absolute Gasteiger partial charge is 0.251 e. The van der Waals surface area contributed by atoms with E-state index in [1.807, 2.05) is 48.3 Å². The molecule has 3 rings (SSSR count). The summed E-state index contributed by atoms with van der Waals surface area (Å²) in [6.45, 7) is 7.07. The van der Waals surface area contributed by atoms with Crippen molar-refractivity contribution in [1.29, 1.82) is 0 Å². The van der Waals surface area contributed by atoms with Gasteiger partial charge in [-0.15, -0.1) is 11.3 Å². The molecule has 25 heavy (non-hydrogen) atoms. The molecule has 3 aromatic heterocycles. The van der Waals surface area contributed by atoms with Crippen LogP contribution in [0, 0.1) is 12.8 Å². The summed E-state index contributed by atoms with van der Waals surface area (Å²) in [6, 6.07) is 7.50. The Labute approximate surface area is 150 Å². The molecule has 0 unspecified atom stereocenters. The molecule has 0 aliphatic heterocycles. The number of aryl methyl sites for hydroxylation is 1. The molecule has 130 valence electrons.